The molecule has 136 valence electrons. The van der Waals surface area contributed by atoms with Gasteiger partial charge in [0.1, 0.15) is 0 Å². The molecule has 0 aliphatic carbocycles. The van der Waals surface area contributed by atoms with Gasteiger partial charge in [0.05, 0.1) is 6.54 Å². The Balaban J connectivity index is 0.00000261. The van der Waals surface area contributed by atoms with Gasteiger partial charge in [-0.05, 0) is 61.0 Å². The molecule has 2 aromatic carbocycles. The summed E-state index contributed by atoms with van der Waals surface area (Å²) in [4.78, 5) is 12.2. The smallest absolute Gasteiger partial charge is 0.564 e. The van der Waals surface area contributed by atoms with Crippen molar-refractivity contribution in [2.24, 2.45) is 0 Å². The van der Waals surface area contributed by atoms with E-state index in [0.717, 1.165) is 26.9 Å². The van der Waals surface area contributed by atoms with Crippen molar-refractivity contribution in [1.82, 2.24) is 9.78 Å². The van der Waals surface area contributed by atoms with Gasteiger partial charge in [-0.25, -0.2) is 4.79 Å². The molecule has 0 aliphatic heterocycles. The summed E-state index contributed by atoms with van der Waals surface area (Å²) >= 11 is 11.8. The van der Waals surface area contributed by atoms with Gasteiger partial charge in [0, 0.05) is 11.3 Å². The van der Waals surface area contributed by atoms with Crippen molar-refractivity contribution >= 4 is 23.2 Å². The number of nitrogens with zero attached hydrogens (tertiary/aromatic N) is 2. The summed E-state index contributed by atoms with van der Waals surface area (Å²) in [6, 6.07) is 6.02. The fourth-order valence-corrected chi connectivity index (χ4v) is 3.29. The summed E-state index contributed by atoms with van der Waals surface area (Å²) in [6.45, 7) is 8.03. The molecule has 1 heterocycles. The van der Waals surface area contributed by atoms with Crippen LogP contribution in [0.25, 0.3) is 11.5 Å². The van der Waals surface area contributed by atoms with Crippen molar-refractivity contribution in [1.29, 1.82) is 0 Å². The van der Waals surface area contributed by atoms with Gasteiger partial charge in [-0.1, -0.05) is 10.6 Å². The molecule has 8 heteroatoms. The van der Waals surface area contributed by atoms with Crippen LogP contribution in [0.4, 0.5) is 0 Å². The number of hydrogen-bond acceptors (Lipinski definition) is 4. The Kier molecular flexibility index (Phi) is 6.96. The van der Waals surface area contributed by atoms with E-state index < -0.39 is 5.76 Å². The Labute approximate surface area is 192 Å². The number of benzene rings is 2. The van der Waals surface area contributed by atoms with Crippen LogP contribution in [0.1, 0.15) is 27.8 Å². The van der Waals surface area contributed by atoms with Crippen LogP contribution in [0.3, 0.4) is 0 Å². The van der Waals surface area contributed by atoms with Gasteiger partial charge >= 0.3 is 38.5 Å². The fraction of sp³-hybridized carbons (Fsp3) is 0.263. The van der Waals surface area contributed by atoms with E-state index in [1.54, 1.807) is 0 Å². The van der Waals surface area contributed by atoms with Gasteiger partial charge in [0.2, 0.25) is 5.89 Å². The molecule has 0 unspecified atom stereocenters. The molecular formula is C19H17Cl2N2O3Y+2. The maximum atomic E-state index is 12.2. The van der Waals surface area contributed by atoms with Crippen LogP contribution in [0.2, 0.25) is 10.0 Å². The van der Waals surface area contributed by atoms with Gasteiger partial charge in [-0.15, -0.1) is 40.4 Å². The molecule has 3 aromatic rings. The first-order chi connectivity index (χ1) is 12.2. The minimum atomic E-state index is -0.630. The Morgan fingerprint density at radius 1 is 1.15 bits per heavy atom. The van der Waals surface area contributed by atoms with Crippen LogP contribution in [0, 0.1) is 33.8 Å². The number of aromatic nitrogens is 2. The van der Waals surface area contributed by atoms with E-state index in [-0.39, 0.29) is 60.9 Å². The molecule has 1 aromatic heterocycles. The standard InChI is InChI=1S/C19H17Cl2N2O3.Y/c1-9-5-15(12(4)11(3)10(9)2)18-22-23(19(25)26-18)8-13-6-14(20)7-16(21)17(13)24;/h5-6,24H,8H2,1-4H3;/q-1;+3. The predicted molar refractivity (Wildman–Crippen MR) is 101 cm³/mol. The van der Waals surface area contributed by atoms with Gasteiger partial charge in [-0.3, -0.25) is 0 Å². The van der Waals surface area contributed by atoms with Gasteiger partial charge in [-0.2, -0.15) is 4.68 Å². The van der Waals surface area contributed by atoms with Gasteiger partial charge in [0.25, 0.3) is 0 Å². The number of aromatic hydroxyl groups is 1. The van der Waals surface area contributed by atoms with E-state index in [1.165, 1.54) is 11.6 Å². The Bertz CT molecular complexity index is 1070. The van der Waals surface area contributed by atoms with Crippen molar-refractivity contribution in [2.45, 2.75) is 34.2 Å². The topological polar surface area (TPSA) is 68.3 Å². The molecule has 0 saturated heterocycles. The molecule has 0 fully saturated rings. The molecule has 27 heavy (non-hydrogen) atoms. The van der Waals surface area contributed by atoms with Crippen LogP contribution in [-0.2, 0) is 39.3 Å². The maximum absolute atomic E-state index is 12.2. The Morgan fingerprint density at radius 3 is 2.48 bits per heavy atom. The van der Waals surface area contributed by atoms with Crippen molar-refractivity contribution in [3.05, 3.63) is 66.6 Å². The number of phenols is 1. The molecule has 1 N–H and O–H groups in total. The summed E-state index contributed by atoms with van der Waals surface area (Å²) < 4.78 is 6.47. The summed E-state index contributed by atoms with van der Waals surface area (Å²) in [5, 5.41) is 14.6. The van der Waals surface area contributed by atoms with Crippen LogP contribution >= 0.6 is 23.2 Å². The van der Waals surface area contributed by atoms with Crippen molar-refractivity contribution in [3.63, 3.8) is 0 Å². The van der Waals surface area contributed by atoms with E-state index in [1.807, 2.05) is 26.8 Å². The zero-order valence-corrected chi connectivity index (χ0v) is 19.7. The SMILES string of the molecule is Cc1cc(-c2nn(Cc3cc(Cl)[c-]c(Cl)c3O)c(=O)o2)c(C)c(C)c1C.[Y+3]. The maximum Gasteiger partial charge on any atom is 3.00 e. The van der Waals surface area contributed by atoms with E-state index in [9.17, 15) is 9.90 Å². The zero-order chi connectivity index (χ0) is 19.2. The number of halogens is 2. The minimum absolute atomic E-state index is 0. The summed E-state index contributed by atoms with van der Waals surface area (Å²) in [5.74, 6) is -0.585. The van der Waals surface area contributed by atoms with Crippen LogP contribution in [-0.4, -0.2) is 14.9 Å². The number of phenolic OH excluding ortho intramolecular Hbond substituents is 1. The van der Waals surface area contributed by atoms with E-state index >= 15 is 0 Å². The quantitative estimate of drug-likeness (QED) is 0.556. The molecule has 0 saturated carbocycles. The second-order valence-electron chi connectivity index (χ2n) is 6.25. The molecule has 5 nitrogen and oxygen atoms in total. The fourth-order valence-electron chi connectivity index (χ4n) is 2.79. The molecule has 0 atom stereocenters. The Morgan fingerprint density at radius 2 is 1.81 bits per heavy atom. The monoisotopic (exact) mass is 480 g/mol. The minimum Gasteiger partial charge on any atom is -0.564 e. The summed E-state index contributed by atoms with van der Waals surface area (Å²) in [7, 11) is 0. The average molecular weight is 481 g/mol. The average Bonchev–Trinajstić information content (AvgIpc) is 2.94. The third-order valence-electron chi connectivity index (χ3n) is 4.68. The van der Waals surface area contributed by atoms with Crippen molar-refractivity contribution in [2.75, 3.05) is 0 Å². The molecular weight excluding hydrogens is 464 g/mol. The van der Waals surface area contributed by atoms with Crippen LogP contribution in [0.15, 0.2) is 21.3 Å². The van der Waals surface area contributed by atoms with Crippen molar-refractivity contribution in [3.8, 4) is 17.2 Å². The van der Waals surface area contributed by atoms with Gasteiger partial charge in [0.15, 0.2) is 0 Å². The molecule has 0 spiro atoms. The molecule has 0 amide bonds. The van der Waals surface area contributed by atoms with E-state index in [0.29, 0.717) is 5.56 Å². The number of hydrogen-bond donors (Lipinski definition) is 1. The van der Waals surface area contributed by atoms with E-state index in [4.69, 9.17) is 27.6 Å². The zero-order valence-electron chi connectivity index (χ0n) is 15.4. The summed E-state index contributed by atoms with van der Waals surface area (Å²) in [5.41, 5.74) is 5.55. The second-order valence-corrected chi connectivity index (χ2v) is 7.04. The molecule has 0 aliphatic rings. The molecule has 0 radical (unpaired) electrons. The first kappa shape index (κ1) is 22.2. The van der Waals surface area contributed by atoms with Gasteiger partial charge < -0.3 is 9.52 Å². The normalized spacial score (nSPS) is 10.7. The predicted octanol–water partition coefficient (Wildman–Crippen LogP) is 4.60. The first-order valence-corrected chi connectivity index (χ1v) is 8.69. The number of rotatable bonds is 3. The van der Waals surface area contributed by atoms with Crippen molar-refractivity contribution < 1.29 is 42.2 Å². The van der Waals surface area contributed by atoms with Crippen LogP contribution in [0.5, 0.6) is 5.75 Å². The van der Waals surface area contributed by atoms with E-state index in [2.05, 4.69) is 18.1 Å². The number of aryl methyl sites for hydroxylation is 1. The third kappa shape index (κ3) is 4.32. The van der Waals surface area contributed by atoms with Crippen LogP contribution < -0.4 is 5.76 Å². The Hall–Kier alpha value is -1.14. The largest absolute Gasteiger partial charge is 3.00 e. The first-order valence-electron chi connectivity index (χ1n) is 7.94. The summed E-state index contributed by atoms with van der Waals surface area (Å²) in [6.07, 6.45) is 0. The second kappa shape index (κ2) is 8.48. The molecule has 0 bridgehead atoms. The molecule has 3 rings (SSSR count). The third-order valence-corrected chi connectivity index (χ3v) is 5.16.